The van der Waals surface area contributed by atoms with Crippen LogP contribution in [0.25, 0.3) is 0 Å². The first kappa shape index (κ1) is 13.0. The SMILES string of the molecule is C[C@@H]([CH]C(=O)NOc1ccccc1)CC(N)=O. The number of carbonyl (C=O) groups is 2. The predicted octanol–water partition coefficient (Wildman–Crippen LogP) is 0.812. The van der Waals surface area contributed by atoms with Crippen molar-refractivity contribution < 1.29 is 14.4 Å². The summed E-state index contributed by atoms with van der Waals surface area (Å²) < 4.78 is 0. The van der Waals surface area contributed by atoms with E-state index in [9.17, 15) is 9.59 Å². The van der Waals surface area contributed by atoms with Gasteiger partial charge in [0.2, 0.25) is 5.91 Å². The third-order valence-electron chi connectivity index (χ3n) is 1.97. The quantitative estimate of drug-likeness (QED) is 0.716. The van der Waals surface area contributed by atoms with Gasteiger partial charge in [0.1, 0.15) is 0 Å². The molecular formula is C12H15N2O3. The van der Waals surface area contributed by atoms with Crippen molar-refractivity contribution in [2.75, 3.05) is 0 Å². The van der Waals surface area contributed by atoms with Gasteiger partial charge in [0, 0.05) is 6.42 Å². The molecule has 3 N–H and O–H groups in total. The van der Waals surface area contributed by atoms with E-state index in [1.807, 2.05) is 6.07 Å². The second-order valence-corrected chi connectivity index (χ2v) is 3.70. The van der Waals surface area contributed by atoms with Crippen molar-refractivity contribution in [3.63, 3.8) is 0 Å². The van der Waals surface area contributed by atoms with Crippen molar-refractivity contribution in [1.29, 1.82) is 0 Å². The fraction of sp³-hybridized carbons (Fsp3) is 0.250. The van der Waals surface area contributed by atoms with Gasteiger partial charge in [-0.1, -0.05) is 25.1 Å². The molecular weight excluding hydrogens is 220 g/mol. The normalized spacial score (nSPS) is 11.6. The molecule has 0 saturated heterocycles. The van der Waals surface area contributed by atoms with E-state index in [4.69, 9.17) is 10.6 Å². The summed E-state index contributed by atoms with van der Waals surface area (Å²) in [6, 6.07) is 8.86. The minimum absolute atomic E-state index is 0.138. The van der Waals surface area contributed by atoms with Crippen LogP contribution in [-0.2, 0) is 9.59 Å². The Bertz CT molecular complexity index is 379. The Hall–Kier alpha value is -2.04. The molecule has 0 aliphatic carbocycles. The Morgan fingerprint density at radius 2 is 2.06 bits per heavy atom. The molecule has 91 valence electrons. The molecule has 1 rings (SSSR count). The van der Waals surface area contributed by atoms with Crippen molar-refractivity contribution in [2.45, 2.75) is 13.3 Å². The van der Waals surface area contributed by atoms with Crippen molar-refractivity contribution >= 4 is 11.8 Å². The number of hydroxylamine groups is 1. The molecule has 0 saturated carbocycles. The Morgan fingerprint density at radius 3 is 2.65 bits per heavy atom. The van der Waals surface area contributed by atoms with Gasteiger partial charge in [0.25, 0.3) is 5.91 Å². The largest absolute Gasteiger partial charge is 0.380 e. The molecule has 0 aromatic heterocycles. The van der Waals surface area contributed by atoms with Gasteiger partial charge in [0.15, 0.2) is 5.75 Å². The van der Waals surface area contributed by atoms with Crippen molar-refractivity contribution in [3.05, 3.63) is 36.8 Å². The molecule has 1 radical (unpaired) electrons. The van der Waals surface area contributed by atoms with Gasteiger partial charge in [-0.25, -0.2) is 0 Å². The maximum absolute atomic E-state index is 11.4. The standard InChI is InChI=1S/C12H15N2O3/c1-9(7-11(13)15)8-12(16)14-17-10-5-3-2-4-6-10/h2-6,8-9H,7H2,1H3,(H2,13,15)(H,14,16)/t9-/m1/s1. The van der Waals surface area contributed by atoms with Gasteiger partial charge in [-0.3, -0.25) is 9.59 Å². The Balaban J connectivity index is 2.28. The average Bonchev–Trinajstić information content (AvgIpc) is 2.26. The number of benzene rings is 1. The Labute approximate surface area is 99.9 Å². The van der Waals surface area contributed by atoms with Crippen LogP contribution in [0.5, 0.6) is 5.75 Å². The van der Waals surface area contributed by atoms with Gasteiger partial charge in [-0.05, 0) is 18.1 Å². The van der Waals surface area contributed by atoms with Crippen LogP contribution in [0.2, 0.25) is 0 Å². The van der Waals surface area contributed by atoms with Gasteiger partial charge < -0.3 is 10.6 Å². The minimum Gasteiger partial charge on any atom is -0.380 e. The molecule has 0 heterocycles. The minimum atomic E-state index is -0.439. The van der Waals surface area contributed by atoms with Crippen molar-refractivity contribution in [2.24, 2.45) is 11.7 Å². The summed E-state index contributed by atoms with van der Waals surface area (Å²) in [7, 11) is 0. The lowest BCUT2D eigenvalue weighted by atomic mass is 10.0. The van der Waals surface area contributed by atoms with Crippen LogP contribution in [0, 0.1) is 12.3 Å². The molecule has 0 fully saturated rings. The van der Waals surface area contributed by atoms with E-state index in [1.165, 1.54) is 6.42 Å². The number of amides is 2. The molecule has 0 bridgehead atoms. The van der Waals surface area contributed by atoms with E-state index in [0.29, 0.717) is 5.75 Å². The zero-order valence-electron chi connectivity index (χ0n) is 9.55. The van der Waals surface area contributed by atoms with Gasteiger partial charge in [-0.2, -0.15) is 5.48 Å². The van der Waals surface area contributed by atoms with Crippen LogP contribution in [0.3, 0.4) is 0 Å². The summed E-state index contributed by atoms with van der Waals surface area (Å²) in [6.07, 6.45) is 1.49. The van der Waals surface area contributed by atoms with Crippen molar-refractivity contribution in [1.82, 2.24) is 5.48 Å². The highest BCUT2D eigenvalue weighted by atomic mass is 16.7. The highest BCUT2D eigenvalue weighted by molar-refractivity contribution is 5.85. The molecule has 1 aromatic carbocycles. The van der Waals surface area contributed by atoms with Crippen LogP contribution in [0.1, 0.15) is 13.3 Å². The first-order valence-electron chi connectivity index (χ1n) is 5.23. The molecule has 0 unspecified atom stereocenters. The number of rotatable bonds is 6. The molecule has 2 amide bonds. The average molecular weight is 235 g/mol. The number of nitrogens with one attached hydrogen (secondary N) is 1. The van der Waals surface area contributed by atoms with Crippen LogP contribution >= 0.6 is 0 Å². The van der Waals surface area contributed by atoms with Crippen LogP contribution in [-0.4, -0.2) is 11.8 Å². The molecule has 0 aliphatic rings. The highest BCUT2D eigenvalue weighted by Gasteiger charge is 2.12. The molecule has 5 heteroatoms. The maximum Gasteiger partial charge on any atom is 0.256 e. The molecule has 1 aromatic rings. The number of nitrogens with two attached hydrogens (primary N) is 1. The first-order valence-corrected chi connectivity index (χ1v) is 5.23. The smallest absolute Gasteiger partial charge is 0.256 e. The topological polar surface area (TPSA) is 81.4 Å². The Kier molecular flexibility index (Phi) is 5.00. The molecule has 1 atom stereocenters. The lowest BCUT2D eigenvalue weighted by Gasteiger charge is -2.09. The summed E-state index contributed by atoms with van der Waals surface area (Å²) in [4.78, 5) is 27.0. The number of hydrogen-bond donors (Lipinski definition) is 2. The second kappa shape index (κ2) is 6.52. The number of hydrogen-bond acceptors (Lipinski definition) is 3. The zero-order valence-corrected chi connectivity index (χ0v) is 9.55. The third-order valence-corrected chi connectivity index (χ3v) is 1.97. The lowest BCUT2D eigenvalue weighted by Crippen LogP contribution is -2.29. The number of primary amides is 1. The summed E-state index contributed by atoms with van der Waals surface area (Å²) >= 11 is 0. The van der Waals surface area contributed by atoms with E-state index < -0.39 is 11.8 Å². The lowest BCUT2D eigenvalue weighted by molar-refractivity contribution is -0.124. The maximum atomic E-state index is 11.4. The Morgan fingerprint density at radius 1 is 1.41 bits per heavy atom. The number of carbonyl (C=O) groups excluding carboxylic acids is 2. The first-order chi connectivity index (χ1) is 8.08. The van der Waals surface area contributed by atoms with Gasteiger partial charge >= 0.3 is 0 Å². The van der Waals surface area contributed by atoms with Crippen LogP contribution in [0.4, 0.5) is 0 Å². The van der Waals surface area contributed by atoms with E-state index >= 15 is 0 Å². The monoisotopic (exact) mass is 235 g/mol. The molecule has 0 aliphatic heterocycles. The summed E-state index contributed by atoms with van der Waals surface area (Å²) in [6.45, 7) is 1.73. The summed E-state index contributed by atoms with van der Waals surface area (Å²) in [5.41, 5.74) is 7.27. The van der Waals surface area contributed by atoms with E-state index in [1.54, 1.807) is 31.2 Å². The third kappa shape index (κ3) is 5.55. The van der Waals surface area contributed by atoms with E-state index in [2.05, 4.69) is 5.48 Å². The summed E-state index contributed by atoms with van der Waals surface area (Å²) in [5, 5.41) is 0. The molecule has 17 heavy (non-hydrogen) atoms. The van der Waals surface area contributed by atoms with Gasteiger partial charge in [-0.15, -0.1) is 0 Å². The molecule has 0 spiro atoms. The fourth-order valence-corrected chi connectivity index (χ4v) is 1.27. The summed E-state index contributed by atoms with van der Waals surface area (Å²) in [5.74, 6) is -0.517. The fourth-order valence-electron chi connectivity index (χ4n) is 1.27. The second-order valence-electron chi connectivity index (χ2n) is 3.70. The highest BCUT2D eigenvalue weighted by Crippen LogP contribution is 2.08. The van der Waals surface area contributed by atoms with Crippen LogP contribution in [0.15, 0.2) is 30.3 Å². The number of para-hydroxylation sites is 1. The van der Waals surface area contributed by atoms with Crippen LogP contribution < -0.4 is 16.1 Å². The van der Waals surface area contributed by atoms with Crippen molar-refractivity contribution in [3.8, 4) is 5.75 Å². The predicted molar refractivity (Wildman–Crippen MR) is 62.5 cm³/mol. The van der Waals surface area contributed by atoms with Gasteiger partial charge in [0.05, 0.1) is 6.42 Å². The van der Waals surface area contributed by atoms with E-state index in [-0.39, 0.29) is 12.3 Å². The van der Waals surface area contributed by atoms with E-state index in [0.717, 1.165) is 0 Å². The molecule has 5 nitrogen and oxygen atoms in total. The zero-order chi connectivity index (χ0) is 12.7.